The molecule has 31 heavy (non-hydrogen) atoms. The van der Waals surface area contributed by atoms with E-state index in [4.69, 9.17) is 14.5 Å². The molecule has 1 aromatic heterocycles. The summed E-state index contributed by atoms with van der Waals surface area (Å²) in [5.41, 5.74) is 0.563. The highest BCUT2D eigenvalue weighted by Crippen LogP contribution is 2.21. The lowest BCUT2D eigenvalue weighted by Crippen LogP contribution is -2.48. The second-order valence-electron chi connectivity index (χ2n) is 8.46. The fraction of sp³-hybridized carbons (Fsp3) is 0.762. The first-order chi connectivity index (χ1) is 14.2. The van der Waals surface area contributed by atoms with Gasteiger partial charge in [-0.15, -0.1) is 24.0 Å². The summed E-state index contributed by atoms with van der Waals surface area (Å²) in [7, 11) is 1.91. The maximum absolute atomic E-state index is 12.5. The quantitative estimate of drug-likeness (QED) is 0.319. The van der Waals surface area contributed by atoms with Gasteiger partial charge in [-0.25, -0.2) is 4.79 Å². The third-order valence-electron chi connectivity index (χ3n) is 4.57. The Labute approximate surface area is 203 Å². The Hall–Kier alpha value is -1.56. The van der Waals surface area contributed by atoms with E-state index in [2.05, 4.69) is 29.2 Å². The molecule has 10 heteroatoms. The third kappa shape index (κ3) is 9.22. The molecule has 2 rings (SSSR count). The van der Waals surface area contributed by atoms with Crippen LogP contribution in [0.15, 0.2) is 17.4 Å². The summed E-state index contributed by atoms with van der Waals surface area (Å²) >= 11 is 0. The Morgan fingerprint density at radius 1 is 1.39 bits per heavy atom. The van der Waals surface area contributed by atoms with Crippen molar-refractivity contribution in [2.75, 3.05) is 45.9 Å². The van der Waals surface area contributed by atoms with Crippen molar-refractivity contribution >= 4 is 36.0 Å². The minimum absolute atomic E-state index is 0. The molecule has 0 aromatic carbocycles. The van der Waals surface area contributed by atoms with Crippen LogP contribution in [0.25, 0.3) is 0 Å². The second-order valence-corrected chi connectivity index (χ2v) is 8.46. The van der Waals surface area contributed by atoms with Gasteiger partial charge in [-0.3, -0.25) is 9.67 Å². The van der Waals surface area contributed by atoms with Crippen LogP contribution in [0.2, 0.25) is 0 Å². The zero-order valence-electron chi connectivity index (χ0n) is 19.8. The molecule has 1 fully saturated rings. The fourth-order valence-corrected chi connectivity index (χ4v) is 3.24. The van der Waals surface area contributed by atoms with Crippen molar-refractivity contribution in [1.29, 1.82) is 0 Å². The van der Waals surface area contributed by atoms with Gasteiger partial charge in [-0.1, -0.05) is 6.92 Å². The fourth-order valence-electron chi connectivity index (χ4n) is 3.24. The van der Waals surface area contributed by atoms with Gasteiger partial charge in [0.15, 0.2) is 5.96 Å². The van der Waals surface area contributed by atoms with Crippen LogP contribution in [0, 0.1) is 0 Å². The van der Waals surface area contributed by atoms with E-state index in [1.165, 1.54) is 0 Å². The molecule has 9 nitrogen and oxygen atoms in total. The summed E-state index contributed by atoms with van der Waals surface area (Å²) in [4.78, 5) is 21.2. The standard InChI is InChI=1S/C21H38N6O3.HI/c1-7-10-26(20(28)30-21(3,4)5)11-9-23-19(22-8-2)27-12-13-29-18(16-27)17-14-24-25(6)15-17;/h14-15,18H,7-13,16H2,1-6H3,(H,22,23);1H. The molecule has 0 saturated carbocycles. The molecule has 2 heterocycles. The number of aromatic nitrogens is 2. The average molecular weight is 550 g/mol. The summed E-state index contributed by atoms with van der Waals surface area (Å²) in [5.74, 6) is 0.843. The zero-order chi connectivity index (χ0) is 22.1. The Bertz CT molecular complexity index is 704. The summed E-state index contributed by atoms with van der Waals surface area (Å²) in [6, 6.07) is 0. The smallest absolute Gasteiger partial charge is 0.410 e. The number of nitrogens with one attached hydrogen (secondary N) is 1. The maximum Gasteiger partial charge on any atom is 0.410 e. The molecule has 1 aliphatic heterocycles. The predicted molar refractivity (Wildman–Crippen MR) is 133 cm³/mol. The van der Waals surface area contributed by atoms with Crippen molar-refractivity contribution in [3.05, 3.63) is 18.0 Å². The van der Waals surface area contributed by atoms with Gasteiger partial charge in [0.1, 0.15) is 11.7 Å². The highest BCUT2D eigenvalue weighted by Gasteiger charge is 2.25. The van der Waals surface area contributed by atoms with E-state index < -0.39 is 5.60 Å². The van der Waals surface area contributed by atoms with Gasteiger partial charge in [0, 0.05) is 45.0 Å². The van der Waals surface area contributed by atoms with Gasteiger partial charge in [0.25, 0.3) is 0 Å². The van der Waals surface area contributed by atoms with Crippen molar-refractivity contribution < 1.29 is 14.3 Å². The molecular weight excluding hydrogens is 511 g/mol. The first-order valence-electron chi connectivity index (χ1n) is 10.8. The first kappa shape index (κ1) is 27.5. The van der Waals surface area contributed by atoms with E-state index in [0.717, 1.165) is 31.0 Å². The van der Waals surface area contributed by atoms with Gasteiger partial charge >= 0.3 is 6.09 Å². The van der Waals surface area contributed by atoms with Gasteiger partial charge in [0.05, 0.1) is 25.9 Å². The van der Waals surface area contributed by atoms with Gasteiger partial charge < -0.3 is 24.6 Å². The molecular formula is C21H39IN6O3. The number of morpholine rings is 1. The number of hydrogen-bond acceptors (Lipinski definition) is 5. The number of hydrogen-bond donors (Lipinski definition) is 1. The molecule has 1 saturated heterocycles. The van der Waals surface area contributed by atoms with Crippen LogP contribution >= 0.6 is 24.0 Å². The Morgan fingerprint density at radius 2 is 2.13 bits per heavy atom. The normalized spacial score (nSPS) is 17.2. The maximum atomic E-state index is 12.5. The molecule has 1 aliphatic rings. The van der Waals surface area contributed by atoms with Gasteiger partial charge in [0.2, 0.25) is 0 Å². The van der Waals surface area contributed by atoms with E-state index in [0.29, 0.717) is 32.8 Å². The molecule has 1 unspecified atom stereocenters. The van der Waals surface area contributed by atoms with Gasteiger partial charge in [-0.2, -0.15) is 5.10 Å². The lowest BCUT2D eigenvalue weighted by Gasteiger charge is -2.35. The molecule has 0 radical (unpaired) electrons. The molecule has 178 valence electrons. The van der Waals surface area contributed by atoms with Crippen LogP contribution in [-0.2, 0) is 16.5 Å². The lowest BCUT2D eigenvalue weighted by atomic mass is 10.1. The Balaban J connectivity index is 0.00000480. The minimum Gasteiger partial charge on any atom is -0.444 e. The van der Waals surface area contributed by atoms with Crippen molar-refractivity contribution in [3.8, 4) is 0 Å². The van der Waals surface area contributed by atoms with Crippen molar-refractivity contribution in [2.24, 2.45) is 12.0 Å². The summed E-state index contributed by atoms with van der Waals surface area (Å²) in [5, 5.41) is 7.62. The molecule has 0 spiro atoms. The van der Waals surface area contributed by atoms with E-state index in [9.17, 15) is 4.79 Å². The number of guanidine groups is 1. The lowest BCUT2D eigenvalue weighted by molar-refractivity contribution is -0.00805. The molecule has 1 atom stereocenters. The average Bonchev–Trinajstić information content (AvgIpc) is 3.11. The number of rotatable bonds is 7. The number of halogens is 1. The van der Waals surface area contributed by atoms with Crippen molar-refractivity contribution in [1.82, 2.24) is 24.9 Å². The highest BCUT2D eigenvalue weighted by atomic mass is 127. The largest absolute Gasteiger partial charge is 0.444 e. The predicted octanol–water partition coefficient (Wildman–Crippen LogP) is 3.02. The van der Waals surface area contributed by atoms with Crippen LogP contribution in [-0.4, -0.2) is 83.1 Å². The van der Waals surface area contributed by atoms with E-state index in [1.807, 2.05) is 40.2 Å². The second kappa shape index (κ2) is 13.1. The highest BCUT2D eigenvalue weighted by molar-refractivity contribution is 14.0. The zero-order valence-corrected chi connectivity index (χ0v) is 22.1. The summed E-state index contributed by atoms with van der Waals surface area (Å²) in [6.07, 6.45) is 4.39. The molecule has 1 amide bonds. The minimum atomic E-state index is -0.504. The third-order valence-corrected chi connectivity index (χ3v) is 4.57. The number of aliphatic imine (C=N–C) groups is 1. The van der Waals surface area contributed by atoms with Crippen LogP contribution in [0.4, 0.5) is 4.79 Å². The number of aryl methyl sites for hydroxylation is 1. The molecule has 1 aromatic rings. The SMILES string of the molecule is CCCN(CCN=C(NCC)N1CCOC(c2cnn(C)c2)C1)C(=O)OC(C)(C)C.I. The Kier molecular flexibility index (Phi) is 11.6. The van der Waals surface area contributed by atoms with Gasteiger partial charge in [-0.05, 0) is 34.1 Å². The number of amides is 1. The Morgan fingerprint density at radius 3 is 2.71 bits per heavy atom. The monoisotopic (exact) mass is 550 g/mol. The van der Waals surface area contributed by atoms with Crippen molar-refractivity contribution in [3.63, 3.8) is 0 Å². The number of carbonyl (C=O) groups is 1. The van der Waals surface area contributed by atoms with Crippen LogP contribution in [0.1, 0.15) is 52.7 Å². The summed E-state index contributed by atoms with van der Waals surface area (Å²) < 4.78 is 13.3. The number of ether oxygens (including phenoxy) is 2. The van der Waals surface area contributed by atoms with E-state index in [-0.39, 0.29) is 36.2 Å². The van der Waals surface area contributed by atoms with E-state index >= 15 is 0 Å². The molecule has 1 N–H and O–H groups in total. The number of carbonyl (C=O) groups excluding carboxylic acids is 1. The van der Waals surface area contributed by atoms with Crippen LogP contribution in [0.3, 0.4) is 0 Å². The number of nitrogens with zero attached hydrogens (tertiary/aromatic N) is 5. The topological polar surface area (TPSA) is 84.2 Å². The van der Waals surface area contributed by atoms with Crippen LogP contribution in [0.5, 0.6) is 0 Å². The van der Waals surface area contributed by atoms with Crippen LogP contribution < -0.4 is 5.32 Å². The van der Waals surface area contributed by atoms with E-state index in [1.54, 1.807) is 9.58 Å². The molecule has 0 aliphatic carbocycles. The first-order valence-corrected chi connectivity index (χ1v) is 10.8. The van der Waals surface area contributed by atoms with Crippen molar-refractivity contribution in [2.45, 2.75) is 52.7 Å². The molecule has 0 bridgehead atoms. The summed E-state index contributed by atoms with van der Waals surface area (Å²) in [6.45, 7) is 14.3.